The summed E-state index contributed by atoms with van der Waals surface area (Å²) in [5.74, 6) is 0. The summed E-state index contributed by atoms with van der Waals surface area (Å²) in [6.07, 6.45) is 11.2. The lowest BCUT2D eigenvalue weighted by Crippen LogP contribution is -2.53. The van der Waals surface area contributed by atoms with Gasteiger partial charge >= 0.3 is 0 Å². The SMILES string of the molecule is CC1(CNCC2(C)CCCCN2)CCCCC1. The first-order chi connectivity index (χ1) is 8.12. The van der Waals surface area contributed by atoms with Crippen LogP contribution < -0.4 is 10.6 Å². The van der Waals surface area contributed by atoms with E-state index in [2.05, 4.69) is 24.5 Å². The van der Waals surface area contributed by atoms with Crippen LogP contribution >= 0.6 is 0 Å². The number of nitrogens with one attached hydrogen (secondary N) is 2. The maximum Gasteiger partial charge on any atom is 0.0277 e. The standard InChI is InChI=1S/C15H30N2/c1-14(8-4-3-5-9-14)12-16-13-15(2)10-6-7-11-17-15/h16-17H,3-13H2,1-2H3. The molecule has 1 saturated carbocycles. The monoisotopic (exact) mass is 238 g/mol. The van der Waals surface area contributed by atoms with E-state index in [0.29, 0.717) is 11.0 Å². The molecule has 0 spiro atoms. The minimum atomic E-state index is 0.350. The van der Waals surface area contributed by atoms with Crippen molar-refractivity contribution in [3.63, 3.8) is 0 Å². The highest BCUT2D eigenvalue weighted by atomic mass is 15.0. The molecule has 2 rings (SSSR count). The van der Waals surface area contributed by atoms with Gasteiger partial charge in [0.05, 0.1) is 0 Å². The van der Waals surface area contributed by atoms with Crippen LogP contribution in [0.4, 0.5) is 0 Å². The van der Waals surface area contributed by atoms with Crippen molar-refractivity contribution in [3.05, 3.63) is 0 Å². The molecule has 0 aromatic rings. The molecular weight excluding hydrogens is 208 g/mol. The van der Waals surface area contributed by atoms with E-state index >= 15 is 0 Å². The second-order valence-corrected chi connectivity index (χ2v) is 6.92. The van der Waals surface area contributed by atoms with Gasteiger partial charge in [-0.25, -0.2) is 0 Å². The second-order valence-electron chi connectivity index (χ2n) is 6.92. The average molecular weight is 238 g/mol. The molecular formula is C15H30N2. The topological polar surface area (TPSA) is 24.1 Å². The lowest BCUT2D eigenvalue weighted by molar-refractivity contribution is 0.191. The summed E-state index contributed by atoms with van der Waals surface area (Å²) >= 11 is 0. The summed E-state index contributed by atoms with van der Waals surface area (Å²) in [6, 6.07) is 0. The molecule has 1 saturated heterocycles. The molecule has 0 radical (unpaired) electrons. The molecule has 0 bridgehead atoms. The molecule has 0 aromatic heterocycles. The van der Waals surface area contributed by atoms with E-state index < -0.39 is 0 Å². The Bertz CT molecular complexity index is 201. The second kappa shape index (κ2) is 5.71. The largest absolute Gasteiger partial charge is 0.314 e. The molecule has 2 N–H and O–H groups in total. The van der Waals surface area contributed by atoms with Gasteiger partial charge in [-0.15, -0.1) is 0 Å². The van der Waals surface area contributed by atoms with Crippen molar-refractivity contribution in [2.24, 2.45) is 5.41 Å². The predicted octanol–water partition coefficient (Wildman–Crippen LogP) is 3.08. The van der Waals surface area contributed by atoms with Crippen LogP contribution in [-0.4, -0.2) is 25.2 Å². The Hall–Kier alpha value is -0.0800. The third-order valence-corrected chi connectivity index (χ3v) is 4.83. The van der Waals surface area contributed by atoms with Crippen molar-refractivity contribution >= 4 is 0 Å². The third-order valence-electron chi connectivity index (χ3n) is 4.83. The Balaban J connectivity index is 1.70. The van der Waals surface area contributed by atoms with Gasteiger partial charge in [-0.3, -0.25) is 0 Å². The average Bonchev–Trinajstić information content (AvgIpc) is 2.30. The minimum Gasteiger partial charge on any atom is -0.314 e. The first-order valence-corrected chi connectivity index (χ1v) is 7.58. The van der Waals surface area contributed by atoms with Gasteiger partial charge in [-0.1, -0.05) is 32.6 Å². The van der Waals surface area contributed by atoms with E-state index in [1.54, 1.807) is 0 Å². The van der Waals surface area contributed by atoms with Gasteiger partial charge < -0.3 is 10.6 Å². The number of piperidine rings is 1. The molecule has 2 aliphatic rings. The molecule has 0 amide bonds. The maximum absolute atomic E-state index is 3.74. The van der Waals surface area contributed by atoms with Crippen LogP contribution in [0, 0.1) is 5.41 Å². The van der Waals surface area contributed by atoms with Crippen LogP contribution in [0.5, 0.6) is 0 Å². The van der Waals surface area contributed by atoms with E-state index in [-0.39, 0.29) is 0 Å². The number of rotatable bonds is 4. The summed E-state index contributed by atoms with van der Waals surface area (Å²) in [7, 11) is 0. The third kappa shape index (κ3) is 3.96. The zero-order chi connectivity index (χ0) is 12.2. The molecule has 17 heavy (non-hydrogen) atoms. The summed E-state index contributed by atoms with van der Waals surface area (Å²) in [6.45, 7) is 8.40. The minimum absolute atomic E-state index is 0.350. The Kier molecular flexibility index (Phi) is 4.48. The molecule has 1 unspecified atom stereocenters. The van der Waals surface area contributed by atoms with Crippen LogP contribution in [0.15, 0.2) is 0 Å². The molecule has 1 heterocycles. The van der Waals surface area contributed by atoms with Gasteiger partial charge in [0.25, 0.3) is 0 Å². The van der Waals surface area contributed by atoms with E-state index in [4.69, 9.17) is 0 Å². The van der Waals surface area contributed by atoms with Crippen molar-refractivity contribution in [1.82, 2.24) is 10.6 Å². The van der Waals surface area contributed by atoms with Crippen LogP contribution in [0.25, 0.3) is 0 Å². The van der Waals surface area contributed by atoms with Crippen LogP contribution in [0.1, 0.15) is 65.2 Å². The van der Waals surface area contributed by atoms with E-state index in [0.717, 1.165) is 6.54 Å². The molecule has 0 aromatic carbocycles. The summed E-state index contributed by atoms with van der Waals surface area (Å²) in [5.41, 5.74) is 0.923. The van der Waals surface area contributed by atoms with Gasteiger partial charge in [0.2, 0.25) is 0 Å². The van der Waals surface area contributed by atoms with Gasteiger partial charge in [0.1, 0.15) is 0 Å². The molecule has 2 heteroatoms. The Morgan fingerprint density at radius 3 is 2.24 bits per heavy atom. The van der Waals surface area contributed by atoms with Crippen LogP contribution in [0.3, 0.4) is 0 Å². The summed E-state index contributed by atoms with van der Waals surface area (Å²) < 4.78 is 0. The molecule has 100 valence electrons. The van der Waals surface area contributed by atoms with E-state index in [1.165, 1.54) is 64.5 Å². The van der Waals surface area contributed by atoms with Crippen molar-refractivity contribution in [2.75, 3.05) is 19.6 Å². The number of hydrogen-bond acceptors (Lipinski definition) is 2. The van der Waals surface area contributed by atoms with E-state index in [1.807, 2.05) is 0 Å². The van der Waals surface area contributed by atoms with Crippen LogP contribution in [-0.2, 0) is 0 Å². The van der Waals surface area contributed by atoms with Crippen molar-refractivity contribution in [3.8, 4) is 0 Å². The van der Waals surface area contributed by atoms with Gasteiger partial charge in [0, 0.05) is 18.6 Å². The van der Waals surface area contributed by atoms with Gasteiger partial charge in [-0.2, -0.15) is 0 Å². The Morgan fingerprint density at radius 1 is 0.882 bits per heavy atom. The molecule has 1 atom stereocenters. The number of hydrogen-bond donors (Lipinski definition) is 2. The zero-order valence-corrected chi connectivity index (χ0v) is 11.8. The maximum atomic E-state index is 3.74. The first kappa shape index (κ1) is 13.4. The molecule has 2 fully saturated rings. The van der Waals surface area contributed by atoms with Crippen molar-refractivity contribution < 1.29 is 0 Å². The lowest BCUT2D eigenvalue weighted by atomic mass is 9.75. The highest BCUT2D eigenvalue weighted by Gasteiger charge is 2.29. The van der Waals surface area contributed by atoms with Crippen molar-refractivity contribution in [1.29, 1.82) is 0 Å². The summed E-state index contributed by atoms with van der Waals surface area (Å²) in [4.78, 5) is 0. The molecule has 2 nitrogen and oxygen atoms in total. The Labute approximate surface area is 107 Å². The lowest BCUT2D eigenvalue weighted by Gasteiger charge is -2.38. The summed E-state index contributed by atoms with van der Waals surface area (Å²) in [5, 5.41) is 7.43. The smallest absolute Gasteiger partial charge is 0.0277 e. The first-order valence-electron chi connectivity index (χ1n) is 7.58. The highest BCUT2D eigenvalue weighted by Crippen LogP contribution is 2.35. The Morgan fingerprint density at radius 2 is 1.59 bits per heavy atom. The quantitative estimate of drug-likeness (QED) is 0.786. The van der Waals surface area contributed by atoms with Crippen LogP contribution in [0.2, 0.25) is 0 Å². The molecule has 1 aliphatic heterocycles. The predicted molar refractivity (Wildman–Crippen MR) is 74.3 cm³/mol. The van der Waals surface area contributed by atoms with Crippen molar-refractivity contribution in [2.45, 2.75) is 70.8 Å². The fraction of sp³-hybridized carbons (Fsp3) is 1.00. The molecule has 1 aliphatic carbocycles. The highest BCUT2D eigenvalue weighted by molar-refractivity contribution is 4.90. The van der Waals surface area contributed by atoms with E-state index in [9.17, 15) is 0 Å². The zero-order valence-electron chi connectivity index (χ0n) is 11.8. The normalized spacial score (nSPS) is 33.5. The van der Waals surface area contributed by atoms with Gasteiger partial charge in [0.15, 0.2) is 0 Å². The fourth-order valence-corrected chi connectivity index (χ4v) is 3.49. The fourth-order valence-electron chi connectivity index (χ4n) is 3.49. The van der Waals surface area contributed by atoms with Gasteiger partial charge in [-0.05, 0) is 44.6 Å².